The Morgan fingerprint density at radius 2 is 2.00 bits per heavy atom. The highest BCUT2D eigenvalue weighted by Crippen LogP contribution is 2.22. The number of hydrogen-bond donors (Lipinski definition) is 1. The van der Waals surface area contributed by atoms with Crippen LogP contribution >= 0.6 is 0 Å². The average molecular weight is 241 g/mol. The summed E-state index contributed by atoms with van der Waals surface area (Å²) in [4.78, 5) is 14.4. The van der Waals surface area contributed by atoms with E-state index in [0.29, 0.717) is 11.8 Å². The molecule has 0 bridgehead atoms. The summed E-state index contributed by atoms with van der Waals surface area (Å²) in [6.07, 6.45) is 6.27. The van der Waals surface area contributed by atoms with Crippen molar-refractivity contribution < 1.29 is 9.90 Å². The van der Waals surface area contributed by atoms with E-state index in [1.165, 1.54) is 0 Å². The lowest BCUT2D eigenvalue weighted by Crippen LogP contribution is -2.43. The third kappa shape index (κ3) is 4.30. The Balaban J connectivity index is 2.53. The molecule has 3 nitrogen and oxygen atoms in total. The van der Waals surface area contributed by atoms with Gasteiger partial charge in [0.2, 0.25) is 5.91 Å². The number of hydrogen-bond acceptors (Lipinski definition) is 2. The zero-order valence-corrected chi connectivity index (χ0v) is 11.3. The molecule has 1 aliphatic heterocycles. The topological polar surface area (TPSA) is 40.5 Å². The minimum absolute atomic E-state index is 0.211. The van der Waals surface area contributed by atoms with Crippen molar-refractivity contribution in [2.45, 2.75) is 52.4 Å². The molecule has 0 aromatic rings. The molecule has 0 aromatic carbocycles. The van der Waals surface area contributed by atoms with Crippen LogP contribution in [0.3, 0.4) is 0 Å². The van der Waals surface area contributed by atoms with E-state index in [1.54, 1.807) is 0 Å². The molecule has 0 radical (unpaired) electrons. The molecule has 0 unspecified atom stereocenters. The first-order valence-corrected chi connectivity index (χ1v) is 7.12. The molecule has 1 rings (SSSR count). The fourth-order valence-corrected chi connectivity index (χ4v) is 2.76. The third-order valence-electron chi connectivity index (χ3n) is 3.71. The quantitative estimate of drug-likeness (QED) is 0.776. The first kappa shape index (κ1) is 14.5. The van der Waals surface area contributed by atoms with E-state index >= 15 is 0 Å². The second kappa shape index (κ2) is 7.70. The maximum absolute atomic E-state index is 12.4. The van der Waals surface area contributed by atoms with E-state index in [0.717, 1.165) is 51.6 Å². The second-order valence-corrected chi connectivity index (χ2v) is 5.25. The predicted octanol–water partition coefficient (Wildman–Crippen LogP) is 2.43. The highest BCUT2D eigenvalue weighted by molar-refractivity contribution is 5.78. The SMILES string of the molecule is CCCC(CCC)C(=O)N1CCC[C@H](CO)C1. The molecule has 0 aromatic heterocycles. The number of carbonyl (C=O) groups excluding carboxylic acids is 1. The molecular weight excluding hydrogens is 214 g/mol. The van der Waals surface area contributed by atoms with Gasteiger partial charge in [0.15, 0.2) is 0 Å². The highest BCUT2D eigenvalue weighted by atomic mass is 16.3. The predicted molar refractivity (Wildman–Crippen MR) is 69.7 cm³/mol. The maximum atomic E-state index is 12.4. The lowest BCUT2D eigenvalue weighted by Gasteiger charge is -2.34. The second-order valence-electron chi connectivity index (χ2n) is 5.25. The van der Waals surface area contributed by atoms with E-state index in [4.69, 9.17) is 0 Å². The van der Waals surface area contributed by atoms with E-state index in [2.05, 4.69) is 13.8 Å². The van der Waals surface area contributed by atoms with Crippen LogP contribution in [0.4, 0.5) is 0 Å². The number of piperidine rings is 1. The van der Waals surface area contributed by atoms with Gasteiger partial charge in [-0.05, 0) is 31.6 Å². The van der Waals surface area contributed by atoms with E-state index in [9.17, 15) is 9.90 Å². The molecule has 1 amide bonds. The molecule has 1 heterocycles. The number of nitrogens with zero attached hydrogens (tertiary/aromatic N) is 1. The normalized spacial score (nSPS) is 20.9. The molecule has 1 fully saturated rings. The summed E-state index contributed by atoms with van der Waals surface area (Å²) in [5, 5.41) is 9.20. The van der Waals surface area contributed by atoms with Gasteiger partial charge in [-0.15, -0.1) is 0 Å². The summed E-state index contributed by atoms with van der Waals surface area (Å²) >= 11 is 0. The van der Waals surface area contributed by atoms with Gasteiger partial charge < -0.3 is 10.0 Å². The standard InChI is InChI=1S/C14H27NO2/c1-3-6-13(7-4-2)14(17)15-9-5-8-12(10-15)11-16/h12-13,16H,3-11H2,1-2H3/t12-/m0/s1. The summed E-state index contributed by atoms with van der Waals surface area (Å²) in [6.45, 7) is 6.15. The lowest BCUT2D eigenvalue weighted by molar-refractivity contribution is -0.138. The molecule has 1 aliphatic rings. The Labute approximate surface area is 105 Å². The molecule has 0 saturated carbocycles. The number of carbonyl (C=O) groups is 1. The van der Waals surface area contributed by atoms with Gasteiger partial charge in [-0.1, -0.05) is 26.7 Å². The van der Waals surface area contributed by atoms with Crippen molar-refractivity contribution >= 4 is 5.91 Å². The van der Waals surface area contributed by atoms with Crippen molar-refractivity contribution in [2.24, 2.45) is 11.8 Å². The number of amides is 1. The summed E-state index contributed by atoms with van der Waals surface area (Å²) in [5.41, 5.74) is 0. The number of likely N-dealkylation sites (tertiary alicyclic amines) is 1. The van der Waals surface area contributed by atoms with Crippen LogP contribution in [0.1, 0.15) is 52.4 Å². The summed E-state index contributed by atoms with van der Waals surface area (Å²) in [7, 11) is 0. The number of aliphatic hydroxyl groups is 1. The Bertz CT molecular complexity index is 224. The van der Waals surface area contributed by atoms with E-state index < -0.39 is 0 Å². The molecule has 100 valence electrons. The van der Waals surface area contributed by atoms with Gasteiger partial charge in [0, 0.05) is 25.6 Å². The number of rotatable bonds is 6. The molecule has 1 saturated heterocycles. The van der Waals surface area contributed by atoms with Crippen molar-refractivity contribution in [1.29, 1.82) is 0 Å². The van der Waals surface area contributed by atoms with Crippen molar-refractivity contribution in [3.05, 3.63) is 0 Å². The van der Waals surface area contributed by atoms with Crippen LogP contribution in [0.5, 0.6) is 0 Å². The van der Waals surface area contributed by atoms with Gasteiger partial charge in [0.1, 0.15) is 0 Å². The van der Waals surface area contributed by atoms with Gasteiger partial charge >= 0.3 is 0 Å². The smallest absolute Gasteiger partial charge is 0.225 e. The molecule has 1 atom stereocenters. The minimum atomic E-state index is 0.211. The lowest BCUT2D eigenvalue weighted by atomic mass is 9.93. The fourth-order valence-electron chi connectivity index (χ4n) is 2.76. The van der Waals surface area contributed by atoms with Crippen LogP contribution in [0, 0.1) is 11.8 Å². The van der Waals surface area contributed by atoms with Gasteiger partial charge in [0.25, 0.3) is 0 Å². The maximum Gasteiger partial charge on any atom is 0.225 e. The zero-order valence-electron chi connectivity index (χ0n) is 11.3. The average Bonchev–Trinajstić information content (AvgIpc) is 2.38. The molecule has 17 heavy (non-hydrogen) atoms. The Hall–Kier alpha value is -0.570. The number of aliphatic hydroxyl groups excluding tert-OH is 1. The molecule has 1 N–H and O–H groups in total. The van der Waals surface area contributed by atoms with E-state index in [-0.39, 0.29) is 12.5 Å². The highest BCUT2D eigenvalue weighted by Gasteiger charge is 2.27. The van der Waals surface area contributed by atoms with Gasteiger partial charge in [-0.25, -0.2) is 0 Å². The zero-order chi connectivity index (χ0) is 12.7. The van der Waals surface area contributed by atoms with Crippen molar-refractivity contribution in [1.82, 2.24) is 4.90 Å². The van der Waals surface area contributed by atoms with Crippen molar-refractivity contribution in [3.63, 3.8) is 0 Å². The van der Waals surface area contributed by atoms with Crippen LogP contribution < -0.4 is 0 Å². The monoisotopic (exact) mass is 241 g/mol. The summed E-state index contributed by atoms with van der Waals surface area (Å²) in [5.74, 6) is 0.839. The largest absolute Gasteiger partial charge is 0.396 e. The molecule has 0 aliphatic carbocycles. The van der Waals surface area contributed by atoms with Crippen molar-refractivity contribution in [3.8, 4) is 0 Å². The molecule has 0 spiro atoms. The van der Waals surface area contributed by atoms with Crippen LogP contribution in [-0.2, 0) is 4.79 Å². The van der Waals surface area contributed by atoms with Crippen LogP contribution in [-0.4, -0.2) is 35.6 Å². The van der Waals surface area contributed by atoms with Crippen molar-refractivity contribution in [2.75, 3.05) is 19.7 Å². The Kier molecular flexibility index (Phi) is 6.56. The summed E-state index contributed by atoms with van der Waals surface area (Å²) < 4.78 is 0. The van der Waals surface area contributed by atoms with Gasteiger partial charge in [-0.2, -0.15) is 0 Å². The first-order chi connectivity index (χ1) is 8.22. The van der Waals surface area contributed by atoms with Crippen LogP contribution in [0.15, 0.2) is 0 Å². The van der Waals surface area contributed by atoms with E-state index in [1.807, 2.05) is 4.90 Å². The Morgan fingerprint density at radius 1 is 1.35 bits per heavy atom. The van der Waals surface area contributed by atoms with Crippen LogP contribution in [0.2, 0.25) is 0 Å². The van der Waals surface area contributed by atoms with Crippen LogP contribution in [0.25, 0.3) is 0 Å². The fraction of sp³-hybridized carbons (Fsp3) is 0.929. The first-order valence-electron chi connectivity index (χ1n) is 7.12. The van der Waals surface area contributed by atoms with Gasteiger partial charge in [-0.3, -0.25) is 4.79 Å². The third-order valence-corrected chi connectivity index (χ3v) is 3.71. The van der Waals surface area contributed by atoms with Gasteiger partial charge in [0.05, 0.1) is 0 Å². The molecule has 3 heteroatoms. The molecular formula is C14H27NO2. The minimum Gasteiger partial charge on any atom is -0.396 e. The Morgan fingerprint density at radius 3 is 2.53 bits per heavy atom. The summed E-state index contributed by atoms with van der Waals surface area (Å²) in [6, 6.07) is 0.